The predicted octanol–water partition coefficient (Wildman–Crippen LogP) is 2.69. The summed E-state index contributed by atoms with van der Waals surface area (Å²) < 4.78 is 5.25. The highest BCUT2D eigenvalue weighted by atomic mass is 16.8. The summed E-state index contributed by atoms with van der Waals surface area (Å²) in [5.74, 6) is -2.57. The van der Waals surface area contributed by atoms with Gasteiger partial charge in [0.05, 0.1) is 30.3 Å². The first-order valence-corrected chi connectivity index (χ1v) is 12.2. The second-order valence-corrected chi connectivity index (χ2v) is 9.96. The Morgan fingerprint density at radius 2 is 2.00 bits per heavy atom. The quantitative estimate of drug-likeness (QED) is 0.494. The second-order valence-electron chi connectivity index (χ2n) is 9.96. The van der Waals surface area contributed by atoms with Crippen molar-refractivity contribution in [3.8, 4) is 5.75 Å². The van der Waals surface area contributed by atoms with Gasteiger partial charge in [0, 0.05) is 23.4 Å². The van der Waals surface area contributed by atoms with Crippen molar-refractivity contribution in [1.29, 1.82) is 0 Å². The van der Waals surface area contributed by atoms with E-state index in [-0.39, 0.29) is 40.2 Å². The van der Waals surface area contributed by atoms with Gasteiger partial charge in [0.15, 0.2) is 0 Å². The van der Waals surface area contributed by atoms with E-state index in [1.165, 1.54) is 19.2 Å². The number of rotatable bonds is 4. The summed E-state index contributed by atoms with van der Waals surface area (Å²) in [5, 5.41) is 23.7. The zero-order valence-corrected chi connectivity index (χ0v) is 20.3. The third-order valence-corrected chi connectivity index (χ3v) is 8.41. The molecule has 4 atom stereocenters. The van der Waals surface area contributed by atoms with E-state index in [0.717, 1.165) is 35.3 Å². The number of benzene rings is 2. The highest BCUT2D eigenvalue weighted by molar-refractivity contribution is 6.26. The number of imide groups is 1. The highest BCUT2D eigenvalue weighted by Gasteiger charge is 2.74. The zero-order chi connectivity index (χ0) is 25.5. The Bertz CT molecular complexity index is 1330. The first-order chi connectivity index (χ1) is 17.2. The Morgan fingerprint density at radius 3 is 2.69 bits per heavy atom. The number of carbonyl (C=O) groups excluding carboxylic acids is 3. The summed E-state index contributed by atoms with van der Waals surface area (Å²) in [7, 11) is 1.33. The van der Waals surface area contributed by atoms with Crippen LogP contribution >= 0.6 is 0 Å². The minimum atomic E-state index is -1.25. The number of fused-ring (bicyclic) bond motifs is 7. The van der Waals surface area contributed by atoms with Crippen LogP contribution in [0.4, 0.5) is 17.1 Å². The fourth-order valence-electron chi connectivity index (χ4n) is 6.92. The number of ether oxygens (including phenoxy) is 1. The molecular formula is C26H27N4O6-. The van der Waals surface area contributed by atoms with Crippen molar-refractivity contribution in [1.82, 2.24) is 4.90 Å². The Balaban J connectivity index is 1.53. The largest absolute Gasteiger partial charge is 0.733 e. The monoisotopic (exact) mass is 491 g/mol. The van der Waals surface area contributed by atoms with E-state index in [4.69, 9.17) is 4.74 Å². The van der Waals surface area contributed by atoms with E-state index < -0.39 is 23.3 Å². The predicted molar refractivity (Wildman–Crippen MR) is 131 cm³/mol. The molecule has 1 spiro atoms. The molecule has 0 bridgehead atoms. The van der Waals surface area contributed by atoms with E-state index in [0.29, 0.717) is 17.8 Å². The van der Waals surface area contributed by atoms with Crippen molar-refractivity contribution in [2.45, 2.75) is 44.7 Å². The highest BCUT2D eigenvalue weighted by Crippen LogP contribution is 2.61. The van der Waals surface area contributed by atoms with E-state index >= 15 is 0 Å². The SMILES string of the molecule is CCc1ccc2c(c1)[C@@]1(C(=O)N2)[C@H]2C(=O)N(c3cc(OC)c(N([O-])O)cc3C)C(=O)[C@@H]2[C@H]2CCCN21. The van der Waals surface area contributed by atoms with Crippen LogP contribution in [0.1, 0.15) is 36.5 Å². The van der Waals surface area contributed by atoms with Crippen molar-refractivity contribution in [2.75, 3.05) is 29.1 Å². The van der Waals surface area contributed by atoms with Crippen molar-refractivity contribution < 1.29 is 24.3 Å². The lowest BCUT2D eigenvalue weighted by Crippen LogP contribution is -2.54. The van der Waals surface area contributed by atoms with Gasteiger partial charge in [0.25, 0.3) is 0 Å². The fourth-order valence-corrected chi connectivity index (χ4v) is 6.92. The molecule has 3 amide bonds. The standard InChI is InChI=1S/C26H27N4O6/c1-4-14-7-8-16-15(11-14)26(25(33)27-16)22-21(17-6-5-9-28(17)26)23(31)29(24(22)32)18-12-20(36-3)19(30(34)35)10-13(18)2/h7-8,10-12,17,21-22,34H,4-6,9H2,1-3H3,(H,27,33)/q-1/t17-,21-,22-,26+/m1/s1. The molecular weight excluding hydrogens is 464 g/mol. The first kappa shape index (κ1) is 23.0. The van der Waals surface area contributed by atoms with Crippen LogP contribution in [0.15, 0.2) is 30.3 Å². The van der Waals surface area contributed by atoms with Crippen molar-refractivity contribution in [2.24, 2.45) is 11.8 Å². The zero-order valence-electron chi connectivity index (χ0n) is 20.3. The number of hydrogen-bond donors (Lipinski definition) is 2. The van der Waals surface area contributed by atoms with Gasteiger partial charge in [-0.05, 0) is 56.0 Å². The number of methoxy groups -OCH3 is 1. The summed E-state index contributed by atoms with van der Waals surface area (Å²) in [6.45, 7) is 4.33. The van der Waals surface area contributed by atoms with Gasteiger partial charge in [-0.3, -0.25) is 24.5 Å². The fraction of sp³-hybridized carbons (Fsp3) is 0.423. The Morgan fingerprint density at radius 1 is 1.22 bits per heavy atom. The molecule has 3 fully saturated rings. The summed E-state index contributed by atoms with van der Waals surface area (Å²) >= 11 is 0. The summed E-state index contributed by atoms with van der Waals surface area (Å²) in [6.07, 6.45) is 2.34. The van der Waals surface area contributed by atoms with Crippen LogP contribution < -0.4 is 20.2 Å². The maximum absolute atomic E-state index is 14.2. The third kappa shape index (κ3) is 2.69. The molecule has 2 aromatic carbocycles. The number of aryl methyl sites for hydroxylation is 2. The van der Waals surface area contributed by atoms with E-state index in [1.807, 2.05) is 25.1 Å². The van der Waals surface area contributed by atoms with Gasteiger partial charge in [-0.25, -0.2) is 4.90 Å². The van der Waals surface area contributed by atoms with E-state index in [9.17, 15) is 24.8 Å². The van der Waals surface area contributed by atoms with Crippen LogP contribution in [0.2, 0.25) is 0 Å². The molecule has 4 aliphatic heterocycles. The number of nitrogens with one attached hydrogen (secondary N) is 1. The number of nitrogens with zero attached hydrogens (tertiary/aromatic N) is 3. The molecule has 0 saturated carbocycles. The third-order valence-electron chi connectivity index (χ3n) is 8.41. The first-order valence-electron chi connectivity index (χ1n) is 12.2. The molecule has 4 heterocycles. The molecule has 0 aromatic heterocycles. The van der Waals surface area contributed by atoms with Gasteiger partial charge in [-0.1, -0.05) is 19.1 Å². The molecule has 10 heteroatoms. The molecule has 36 heavy (non-hydrogen) atoms. The molecule has 0 aliphatic carbocycles. The second kappa shape index (κ2) is 7.76. The van der Waals surface area contributed by atoms with Crippen LogP contribution in [-0.4, -0.2) is 47.5 Å². The van der Waals surface area contributed by atoms with Crippen LogP contribution in [0.25, 0.3) is 0 Å². The van der Waals surface area contributed by atoms with Gasteiger partial charge in [0.1, 0.15) is 11.3 Å². The molecule has 2 N–H and O–H groups in total. The van der Waals surface area contributed by atoms with Crippen LogP contribution in [0.5, 0.6) is 5.75 Å². The van der Waals surface area contributed by atoms with E-state index in [1.54, 1.807) is 6.92 Å². The Labute approximate surface area is 207 Å². The smallest absolute Gasteiger partial charge is 0.250 e. The minimum Gasteiger partial charge on any atom is -0.733 e. The van der Waals surface area contributed by atoms with Crippen molar-refractivity contribution in [3.05, 3.63) is 52.2 Å². The maximum atomic E-state index is 14.2. The van der Waals surface area contributed by atoms with Crippen molar-refractivity contribution in [3.63, 3.8) is 0 Å². The van der Waals surface area contributed by atoms with Crippen LogP contribution in [0, 0.1) is 24.0 Å². The van der Waals surface area contributed by atoms with Gasteiger partial charge in [0.2, 0.25) is 17.7 Å². The summed E-state index contributed by atoms with van der Waals surface area (Å²) in [4.78, 5) is 45.2. The van der Waals surface area contributed by atoms with Gasteiger partial charge in [-0.15, -0.1) is 0 Å². The molecule has 6 rings (SSSR count). The summed E-state index contributed by atoms with van der Waals surface area (Å²) in [6, 6.07) is 8.42. The van der Waals surface area contributed by atoms with Gasteiger partial charge >= 0.3 is 0 Å². The van der Waals surface area contributed by atoms with E-state index in [2.05, 4.69) is 10.2 Å². The number of amides is 3. The lowest BCUT2D eigenvalue weighted by molar-refractivity contribution is -0.135. The number of carbonyl (C=O) groups is 3. The van der Waals surface area contributed by atoms with Crippen LogP contribution in [-0.2, 0) is 26.3 Å². The molecule has 0 radical (unpaired) electrons. The minimum absolute atomic E-state index is 0.0273. The van der Waals surface area contributed by atoms with Crippen LogP contribution in [0.3, 0.4) is 0 Å². The molecule has 188 valence electrons. The lowest BCUT2D eigenvalue weighted by Gasteiger charge is -2.37. The molecule has 4 aliphatic rings. The number of hydrogen-bond acceptors (Lipinski definition) is 8. The normalized spacial score (nSPS) is 28.5. The van der Waals surface area contributed by atoms with Gasteiger partial charge < -0.3 is 20.5 Å². The lowest BCUT2D eigenvalue weighted by atomic mass is 9.75. The van der Waals surface area contributed by atoms with Gasteiger partial charge in [-0.2, -0.15) is 0 Å². The topological polar surface area (TPSA) is 125 Å². The summed E-state index contributed by atoms with van der Waals surface area (Å²) in [5.41, 5.74) is 1.85. The average molecular weight is 492 g/mol. The maximum Gasteiger partial charge on any atom is 0.250 e. The molecule has 10 nitrogen and oxygen atoms in total. The molecule has 0 unspecified atom stereocenters. The molecule has 2 aromatic rings. The number of anilines is 3. The Hall–Kier alpha value is -3.47. The Kier molecular flexibility index (Phi) is 4.95. The average Bonchev–Trinajstić information content (AvgIpc) is 3.57. The van der Waals surface area contributed by atoms with Crippen molar-refractivity contribution >= 4 is 34.8 Å². The molecule has 3 saturated heterocycles.